The smallest absolute Gasteiger partial charge is 0.279 e. The number of nitrogens with two attached hydrogens (primary N) is 1. The molecule has 0 radical (unpaired) electrons. The SMILES string of the molecule is CC(C)CCN(CCC(C)C)S(=O)(=O)NCCN. The van der Waals surface area contributed by atoms with E-state index in [1.165, 1.54) is 0 Å². The van der Waals surface area contributed by atoms with Gasteiger partial charge < -0.3 is 5.73 Å². The van der Waals surface area contributed by atoms with Crippen molar-refractivity contribution in [3.8, 4) is 0 Å². The van der Waals surface area contributed by atoms with Crippen LogP contribution in [0.1, 0.15) is 40.5 Å². The maximum Gasteiger partial charge on any atom is 0.279 e. The molecule has 0 atom stereocenters. The molecule has 5 nitrogen and oxygen atoms in total. The third-order valence-electron chi connectivity index (χ3n) is 2.68. The van der Waals surface area contributed by atoms with Crippen molar-refractivity contribution in [2.24, 2.45) is 17.6 Å². The minimum Gasteiger partial charge on any atom is -0.329 e. The van der Waals surface area contributed by atoms with Crippen LogP contribution >= 0.6 is 0 Å². The standard InChI is InChI=1S/C12H29N3O2S/c1-11(2)5-9-15(10-6-12(3)4)18(16,17)14-8-7-13/h11-12,14H,5-10,13H2,1-4H3. The average Bonchev–Trinajstić information content (AvgIpc) is 2.25. The second kappa shape index (κ2) is 8.85. The van der Waals surface area contributed by atoms with E-state index in [-0.39, 0.29) is 0 Å². The van der Waals surface area contributed by atoms with Gasteiger partial charge in [0.1, 0.15) is 0 Å². The summed E-state index contributed by atoms with van der Waals surface area (Å²) in [6, 6.07) is 0. The Balaban J connectivity index is 4.51. The van der Waals surface area contributed by atoms with E-state index >= 15 is 0 Å². The highest BCUT2D eigenvalue weighted by molar-refractivity contribution is 7.87. The normalized spacial score (nSPS) is 12.9. The summed E-state index contributed by atoms with van der Waals surface area (Å²) in [6.45, 7) is 10.2. The van der Waals surface area contributed by atoms with Crippen LogP contribution in [0.4, 0.5) is 0 Å². The Bertz CT molecular complexity index is 290. The van der Waals surface area contributed by atoms with Crippen molar-refractivity contribution in [3.05, 3.63) is 0 Å². The van der Waals surface area contributed by atoms with Gasteiger partial charge in [-0.1, -0.05) is 27.7 Å². The lowest BCUT2D eigenvalue weighted by molar-refractivity contribution is 0.352. The Morgan fingerprint density at radius 2 is 1.50 bits per heavy atom. The highest BCUT2D eigenvalue weighted by Crippen LogP contribution is 2.09. The number of nitrogens with zero attached hydrogens (tertiary/aromatic N) is 1. The molecule has 0 aromatic carbocycles. The minimum atomic E-state index is -3.37. The van der Waals surface area contributed by atoms with Crippen molar-refractivity contribution >= 4 is 10.2 Å². The molecule has 0 saturated heterocycles. The Morgan fingerprint density at radius 3 is 1.83 bits per heavy atom. The van der Waals surface area contributed by atoms with Crippen LogP contribution in [0.15, 0.2) is 0 Å². The molecular formula is C12H29N3O2S. The number of hydrogen-bond acceptors (Lipinski definition) is 3. The van der Waals surface area contributed by atoms with Crippen LogP contribution in [0, 0.1) is 11.8 Å². The molecule has 0 rings (SSSR count). The molecule has 6 heteroatoms. The summed E-state index contributed by atoms with van der Waals surface area (Å²) in [5.41, 5.74) is 5.33. The Morgan fingerprint density at radius 1 is 1.06 bits per heavy atom. The fraction of sp³-hybridized carbons (Fsp3) is 1.00. The van der Waals surface area contributed by atoms with Crippen molar-refractivity contribution in [2.45, 2.75) is 40.5 Å². The van der Waals surface area contributed by atoms with Gasteiger partial charge in [-0.25, -0.2) is 4.72 Å². The zero-order valence-corrected chi connectivity index (χ0v) is 13.0. The molecule has 110 valence electrons. The molecule has 0 aliphatic carbocycles. The van der Waals surface area contributed by atoms with Gasteiger partial charge in [0.25, 0.3) is 10.2 Å². The summed E-state index contributed by atoms with van der Waals surface area (Å²) < 4.78 is 28.2. The molecule has 0 aliphatic rings. The van der Waals surface area contributed by atoms with Gasteiger partial charge in [-0.15, -0.1) is 0 Å². The number of nitrogens with one attached hydrogen (secondary N) is 1. The van der Waals surface area contributed by atoms with E-state index in [2.05, 4.69) is 32.4 Å². The molecule has 18 heavy (non-hydrogen) atoms. The van der Waals surface area contributed by atoms with Crippen molar-refractivity contribution in [1.29, 1.82) is 0 Å². The summed E-state index contributed by atoms with van der Waals surface area (Å²) >= 11 is 0. The molecule has 0 bridgehead atoms. The zero-order chi connectivity index (χ0) is 14.2. The van der Waals surface area contributed by atoms with Crippen LogP contribution < -0.4 is 10.5 Å². The van der Waals surface area contributed by atoms with Gasteiger partial charge in [0.2, 0.25) is 0 Å². The monoisotopic (exact) mass is 279 g/mol. The molecule has 0 aromatic heterocycles. The van der Waals surface area contributed by atoms with Crippen LogP contribution in [0.3, 0.4) is 0 Å². The van der Waals surface area contributed by atoms with E-state index in [9.17, 15) is 8.42 Å². The number of rotatable bonds is 10. The summed E-state index contributed by atoms with van der Waals surface area (Å²) in [4.78, 5) is 0. The quantitative estimate of drug-likeness (QED) is 0.630. The van der Waals surface area contributed by atoms with Crippen molar-refractivity contribution < 1.29 is 8.42 Å². The van der Waals surface area contributed by atoms with Crippen LogP contribution in [0.2, 0.25) is 0 Å². The summed E-state index contributed by atoms with van der Waals surface area (Å²) in [5, 5.41) is 0. The summed E-state index contributed by atoms with van der Waals surface area (Å²) in [7, 11) is -3.37. The van der Waals surface area contributed by atoms with E-state index in [0.29, 0.717) is 38.0 Å². The summed E-state index contributed by atoms with van der Waals surface area (Å²) in [6.07, 6.45) is 1.75. The first-order valence-electron chi connectivity index (χ1n) is 6.74. The first-order valence-corrected chi connectivity index (χ1v) is 8.18. The van der Waals surface area contributed by atoms with E-state index < -0.39 is 10.2 Å². The molecule has 0 unspecified atom stereocenters. The van der Waals surface area contributed by atoms with Crippen LogP contribution in [-0.2, 0) is 10.2 Å². The molecular weight excluding hydrogens is 250 g/mol. The third kappa shape index (κ3) is 8.02. The Kier molecular flexibility index (Phi) is 8.77. The third-order valence-corrected chi connectivity index (χ3v) is 4.29. The fourth-order valence-corrected chi connectivity index (χ4v) is 2.69. The molecule has 0 saturated carbocycles. The predicted molar refractivity (Wildman–Crippen MR) is 76.5 cm³/mol. The van der Waals surface area contributed by atoms with E-state index in [1.54, 1.807) is 4.31 Å². The molecule has 3 N–H and O–H groups in total. The van der Waals surface area contributed by atoms with E-state index in [1.807, 2.05) is 0 Å². The zero-order valence-electron chi connectivity index (χ0n) is 12.1. The lowest BCUT2D eigenvalue weighted by Gasteiger charge is -2.24. The second-order valence-electron chi connectivity index (χ2n) is 5.45. The van der Waals surface area contributed by atoms with Crippen LogP contribution in [-0.4, -0.2) is 38.9 Å². The van der Waals surface area contributed by atoms with E-state index in [0.717, 1.165) is 12.8 Å². The lowest BCUT2D eigenvalue weighted by Crippen LogP contribution is -2.43. The highest BCUT2D eigenvalue weighted by Gasteiger charge is 2.21. The average molecular weight is 279 g/mol. The van der Waals surface area contributed by atoms with Gasteiger partial charge in [-0.2, -0.15) is 12.7 Å². The van der Waals surface area contributed by atoms with Gasteiger partial charge >= 0.3 is 0 Å². The van der Waals surface area contributed by atoms with Crippen molar-refractivity contribution in [3.63, 3.8) is 0 Å². The maximum absolute atomic E-state index is 12.1. The van der Waals surface area contributed by atoms with Crippen molar-refractivity contribution in [1.82, 2.24) is 9.03 Å². The fourth-order valence-electron chi connectivity index (χ4n) is 1.44. The molecule has 0 fully saturated rings. The largest absolute Gasteiger partial charge is 0.329 e. The van der Waals surface area contributed by atoms with Gasteiger partial charge in [0.05, 0.1) is 0 Å². The highest BCUT2D eigenvalue weighted by atomic mass is 32.2. The van der Waals surface area contributed by atoms with Crippen LogP contribution in [0.25, 0.3) is 0 Å². The first-order chi connectivity index (χ1) is 8.29. The van der Waals surface area contributed by atoms with Gasteiger partial charge in [-0.3, -0.25) is 0 Å². The molecule has 0 amide bonds. The lowest BCUT2D eigenvalue weighted by atomic mass is 10.1. The van der Waals surface area contributed by atoms with E-state index in [4.69, 9.17) is 5.73 Å². The maximum atomic E-state index is 12.1. The molecule has 0 aliphatic heterocycles. The van der Waals surface area contributed by atoms with Crippen LogP contribution in [0.5, 0.6) is 0 Å². The second-order valence-corrected chi connectivity index (χ2v) is 7.21. The predicted octanol–water partition coefficient (Wildman–Crippen LogP) is 1.17. The van der Waals surface area contributed by atoms with Crippen molar-refractivity contribution in [2.75, 3.05) is 26.2 Å². The molecule has 0 heterocycles. The Hall–Kier alpha value is -0.170. The number of hydrogen-bond donors (Lipinski definition) is 2. The van der Waals surface area contributed by atoms with Gasteiger partial charge in [0.15, 0.2) is 0 Å². The minimum absolute atomic E-state index is 0.294. The van der Waals surface area contributed by atoms with Gasteiger partial charge in [0, 0.05) is 26.2 Å². The Labute approximate surface area is 112 Å². The molecule has 0 aromatic rings. The van der Waals surface area contributed by atoms with Gasteiger partial charge in [-0.05, 0) is 24.7 Å². The topological polar surface area (TPSA) is 75.4 Å². The summed E-state index contributed by atoms with van der Waals surface area (Å²) in [5.74, 6) is 0.993. The first kappa shape index (κ1) is 17.8. The molecule has 0 spiro atoms.